The molecular formula is C12H16N2O3. The highest BCUT2D eigenvalue weighted by atomic mass is 16.6. The molecular weight excluding hydrogens is 220 g/mol. The van der Waals surface area contributed by atoms with E-state index in [1.54, 1.807) is 0 Å². The van der Waals surface area contributed by atoms with Gasteiger partial charge in [0, 0.05) is 6.54 Å². The summed E-state index contributed by atoms with van der Waals surface area (Å²) in [4.78, 5) is 12.9. The second-order valence-electron chi connectivity index (χ2n) is 3.93. The largest absolute Gasteiger partial charge is 0.443 e. The van der Waals surface area contributed by atoms with Gasteiger partial charge in [0.25, 0.3) is 0 Å². The van der Waals surface area contributed by atoms with Crippen molar-refractivity contribution in [2.24, 2.45) is 5.73 Å². The lowest BCUT2D eigenvalue weighted by molar-refractivity contribution is 0.0422. The number of nitrogens with two attached hydrogens (primary N) is 1. The van der Waals surface area contributed by atoms with Crippen LogP contribution in [0.5, 0.6) is 0 Å². The minimum Gasteiger partial charge on any atom is -0.443 e. The molecule has 0 aromatic heterocycles. The summed E-state index contributed by atoms with van der Waals surface area (Å²) in [5, 5.41) is 0. The Hall–Kier alpha value is -1.59. The molecule has 2 N–H and O–H groups in total. The first-order chi connectivity index (χ1) is 8.29. The van der Waals surface area contributed by atoms with Crippen molar-refractivity contribution < 1.29 is 14.3 Å². The van der Waals surface area contributed by atoms with Crippen LogP contribution in [0.1, 0.15) is 5.56 Å². The number of benzene rings is 1. The Morgan fingerprint density at radius 2 is 2.18 bits per heavy atom. The van der Waals surface area contributed by atoms with Crippen molar-refractivity contribution in [2.45, 2.75) is 12.7 Å². The van der Waals surface area contributed by atoms with Gasteiger partial charge in [-0.15, -0.1) is 0 Å². The van der Waals surface area contributed by atoms with Crippen LogP contribution >= 0.6 is 0 Å². The first-order valence-corrected chi connectivity index (χ1v) is 5.57. The van der Waals surface area contributed by atoms with E-state index in [4.69, 9.17) is 15.2 Å². The summed E-state index contributed by atoms with van der Waals surface area (Å²) in [6, 6.07) is 9.81. The number of nitrogens with zero attached hydrogens (tertiary/aromatic N) is 1. The summed E-state index contributed by atoms with van der Waals surface area (Å²) in [6.45, 7) is 1.58. The molecule has 5 nitrogen and oxygen atoms in total. The summed E-state index contributed by atoms with van der Waals surface area (Å²) < 4.78 is 10.5. The molecule has 2 rings (SSSR count). The second-order valence-corrected chi connectivity index (χ2v) is 3.93. The Kier molecular flexibility index (Phi) is 3.95. The highest BCUT2D eigenvalue weighted by Gasteiger charge is 2.29. The lowest BCUT2D eigenvalue weighted by Gasteiger charge is -2.12. The maximum Gasteiger partial charge on any atom is 0.412 e. The highest BCUT2D eigenvalue weighted by molar-refractivity contribution is 5.69. The number of carbonyl (C=O) groups is 1. The Labute approximate surface area is 100 Å². The van der Waals surface area contributed by atoms with Crippen LogP contribution in [-0.4, -0.2) is 36.9 Å². The number of rotatable bonds is 5. The number of ether oxygens (including phenoxy) is 2. The molecule has 0 aliphatic carbocycles. The Balaban J connectivity index is 1.74. The van der Waals surface area contributed by atoms with Crippen molar-refractivity contribution in [3.8, 4) is 0 Å². The lowest BCUT2D eigenvalue weighted by Crippen LogP contribution is -2.29. The van der Waals surface area contributed by atoms with E-state index in [0.29, 0.717) is 19.7 Å². The SMILES string of the molecule is NCC1CN(COCc2ccccc2)C(=O)O1. The zero-order chi connectivity index (χ0) is 12.1. The fourth-order valence-electron chi connectivity index (χ4n) is 1.65. The van der Waals surface area contributed by atoms with Crippen molar-refractivity contribution in [3.63, 3.8) is 0 Å². The third-order valence-corrected chi connectivity index (χ3v) is 2.57. The molecule has 1 aromatic carbocycles. The summed E-state index contributed by atoms with van der Waals surface area (Å²) in [5.41, 5.74) is 6.51. The summed E-state index contributed by atoms with van der Waals surface area (Å²) >= 11 is 0. The number of cyclic esters (lactones) is 1. The fraction of sp³-hybridized carbons (Fsp3) is 0.417. The van der Waals surface area contributed by atoms with Crippen LogP contribution in [-0.2, 0) is 16.1 Å². The zero-order valence-electron chi connectivity index (χ0n) is 9.54. The van der Waals surface area contributed by atoms with E-state index in [1.807, 2.05) is 30.3 Å². The number of carbonyl (C=O) groups excluding carboxylic acids is 1. The fourth-order valence-corrected chi connectivity index (χ4v) is 1.65. The third-order valence-electron chi connectivity index (χ3n) is 2.57. The number of hydrogen-bond acceptors (Lipinski definition) is 4. The molecule has 1 unspecified atom stereocenters. The van der Waals surface area contributed by atoms with Crippen LogP contribution in [0.3, 0.4) is 0 Å². The minimum absolute atomic E-state index is 0.206. The van der Waals surface area contributed by atoms with E-state index < -0.39 is 0 Å². The van der Waals surface area contributed by atoms with Gasteiger partial charge in [0.2, 0.25) is 0 Å². The molecule has 17 heavy (non-hydrogen) atoms. The van der Waals surface area contributed by atoms with Crippen LogP contribution in [0.15, 0.2) is 30.3 Å². The van der Waals surface area contributed by atoms with Gasteiger partial charge in [0.05, 0.1) is 13.2 Å². The van der Waals surface area contributed by atoms with Gasteiger partial charge >= 0.3 is 6.09 Å². The van der Waals surface area contributed by atoms with Crippen LogP contribution < -0.4 is 5.73 Å². The standard InChI is InChI=1S/C12H16N2O3/c13-6-11-7-14(12(15)17-11)9-16-8-10-4-2-1-3-5-10/h1-5,11H,6-9,13H2. The average Bonchev–Trinajstić information content (AvgIpc) is 2.72. The van der Waals surface area contributed by atoms with Gasteiger partial charge < -0.3 is 15.2 Å². The predicted molar refractivity (Wildman–Crippen MR) is 62.1 cm³/mol. The predicted octanol–water partition coefficient (Wildman–Crippen LogP) is 0.940. The summed E-state index contributed by atoms with van der Waals surface area (Å²) in [7, 11) is 0. The lowest BCUT2D eigenvalue weighted by atomic mass is 10.2. The zero-order valence-corrected chi connectivity index (χ0v) is 9.54. The van der Waals surface area contributed by atoms with Crippen molar-refractivity contribution in [3.05, 3.63) is 35.9 Å². The Morgan fingerprint density at radius 1 is 1.41 bits per heavy atom. The maximum atomic E-state index is 11.4. The van der Waals surface area contributed by atoms with Crippen molar-refractivity contribution in [2.75, 3.05) is 19.8 Å². The number of hydrogen-bond donors (Lipinski definition) is 1. The van der Waals surface area contributed by atoms with Gasteiger partial charge in [-0.3, -0.25) is 4.90 Å². The molecule has 1 amide bonds. The average molecular weight is 236 g/mol. The Bertz CT molecular complexity index is 369. The molecule has 0 spiro atoms. The van der Waals surface area contributed by atoms with Gasteiger partial charge in [-0.1, -0.05) is 30.3 Å². The molecule has 1 heterocycles. The van der Waals surface area contributed by atoms with Gasteiger partial charge in [0.1, 0.15) is 12.8 Å². The van der Waals surface area contributed by atoms with Gasteiger partial charge in [0.15, 0.2) is 0 Å². The molecule has 5 heteroatoms. The maximum absolute atomic E-state index is 11.4. The molecule has 92 valence electrons. The molecule has 0 saturated carbocycles. The van der Waals surface area contributed by atoms with Crippen molar-refractivity contribution in [1.82, 2.24) is 4.90 Å². The Morgan fingerprint density at radius 3 is 2.82 bits per heavy atom. The van der Waals surface area contributed by atoms with E-state index in [-0.39, 0.29) is 18.9 Å². The van der Waals surface area contributed by atoms with Gasteiger partial charge in [-0.05, 0) is 5.56 Å². The molecule has 1 aliphatic heterocycles. The molecule has 1 atom stereocenters. The normalized spacial score (nSPS) is 19.5. The molecule has 0 bridgehead atoms. The van der Waals surface area contributed by atoms with E-state index >= 15 is 0 Å². The van der Waals surface area contributed by atoms with E-state index in [0.717, 1.165) is 5.56 Å². The van der Waals surface area contributed by atoms with E-state index in [9.17, 15) is 4.79 Å². The quantitative estimate of drug-likeness (QED) is 0.826. The number of amides is 1. The van der Waals surface area contributed by atoms with Gasteiger partial charge in [-0.25, -0.2) is 4.79 Å². The van der Waals surface area contributed by atoms with Crippen LogP contribution in [0.4, 0.5) is 4.79 Å². The monoisotopic (exact) mass is 236 g/mol. The van der Waals surface area contributed by atoms with E-state index in [2.05, 4.69) is 0 Å². The minimum atomic E-state index is -0.353. The molecule has 1 fully saturated rings. The van der Waals surface area contributed by atoms with Crippen molar-refractivity contribution in [1.29, 1.82) is 0 Å². The molecule has 1 aliphatic rings. The second kappa shape index (κ2) is 5.65. The molecule has 1 aromatic rings. The van der Waals surface area contributed by atoms with E-state index in [1.165, 1.54) is 4.90 Å². The first kappa shape index (κ1) is 11.9. The van der Waals surface area contributed by atoms with Crippen LogP contribution in [0.2, 0.25) is 0 Å². The molecule has 1 saturated heterocycles. The first-order valence-electron chi connectivity index (χ1n) is 5.57. The third kappa shape index (κ3) is 3.18. The smallest absolute Gasteiger partial charge is 0.412 e. The topological polar surface area (TPSA) is 64.8 Å². The van der Waals surface area contributed by atoms with Gasteiger partial charge in [-0.2, -0.15) is 0 Å². The molecule has 0 radical (unpaired) electrons. The van der Waals surface area contributed by atoms with Crippen LogP contribution in [0, 0.1) is 0 Å². The highest BCUT2D eigenvalue weighted by Crippen LogP contribution is 2.10. The van der Waals surface area contributed by atoms with Crippen molar-refractivity contribution >= 4 is 6.09 Å². The van der Waals surface area contributed by atoms with Crippen LogP contribution in [0.25, 0.3) is 0 Å². The summed E-state index contributed by atoms with van der Waals surface area (Å²) in [6.07, 6.45) is -0.559. The summed E-state index contributed by atoms with van der Waals surface area (Å²) in [5.74, 6) is 0.